The normalized spacial score (nSPS) is 11.6. The maximum atomic E-state index is 10.8. The van der Waals surface area contributed by atoms with Crippen molar-refractivity contribution in [3.63, 3.8) is 0 Å². The molecule has 5 nitrogen and oxygen atoms in total. The van der Waals surface area contributed by atoms with Crippen molar-refractivity contribution in [1.82, 2.24) is 10.3 Å². The van der Waals surface area contributed by atoms with Gasteiger partial charge >= 0.3 is 0 Å². The molecule has 0 aliphatic heterocycles. The fourth-order valence-corrected chi connectivity index (χ4v) is 3.04. The lowest BCUT2D eigenvalue weighted by Crippen LogP contribution is -2.35. The highest BCUT2D eigenvalue weighted by Crippen LogP contribution is 2.25. The molecule has 0 saturated carbocycles. The highest BCUT2D eigenvalue weighted by molar-refractivity contribution is 9.10. The number of thiazole rings is 1. The molecule has 0 bridgehead atoms. The van der Waals surface area contributed by atoms with E-state index in [-0.39, 0.29) is 16.1 Å². The van der Waals surface area contributed by atoms with Crippen LogP contribution in [0.5, 0.6) is 0 Å². The van der Waals surface area contributed by atoms with Gasteiger partial charge < -0.3 is 5.32 Å². The first kappa shape index (κ1) is 15.1. The summed E-state index contributed by atoms with van der Waals surface area (Å²) in [5, 5.41) is 17.1. The maximum absolute atomic E-state index is 10.8. The number of benzene rings is 1. The second kappa shape index (κ2) is 5.99. The molecular formula is C13H14BrN3O2S. The molecule has 20 heavy (non-hydrogen) atoms. The monoisotopic (exact) mass is 355 g/mol. The number of aromatic nitrogens is 1. The summed E-state index contributed by atoms with van der Waals surface area (Å²) in [6.07, 6.45) is 1.77. The molecule has 1 heterocycles. The Morgan fingerprint density at radius 2 is 2.20 bits per heavy atom. The van der Waals surface area contributed by atoms with E-state index in [1.807, 2.05) is 25.3 Å². The molecule has 0 radical (unpaired) electrons. The number of rotatable bonds is 5. The van der Waals surface area contributed by atoms with Gasteiger partial charge in [-0.15, -0.1) is 11.3 Å². The fraction of sp³-hybridized carbons (Fsp3) is 0.308. The van der Waals surface area contributed by atoms with Crippen LogP contribution in [-0.4, -0.2) is 9.91 Å². The van der Waals surface area contributed by atoms with Crippen LogP contribution in [0, 0.1) is 10.1 Å². The first-order valence-electron chi connectivity index (χ1n) is 5.97. The molecule has 0 aliphatic carbocycles. The van der Waals surface area contributed by atoms with Gasteiger partial charge in [-0.2, -0.15) is 0 Å². The van der Waals surface area contributed by atoms with E-state index in [0.29, 0.717) is 11.0 Å². The lowest BCUT2D eigenvalue weighted by atomic mass is 10.1. The van der Waals surface area contributed by atoms with Gasteiger partial charge in [-0.05, 0) is 25.5 Å². The predicted octanol–water partition coefficient (Wildman–Crippen LogP) is 3.84. The van der Waals surface area contributed by atoms with Gasteiger partial charge in [0.15, 0.2) is 0 Å². The molecule has 1 aromatic carbocycles. The molecule has 7 heteroatoms. The SMILES string of the molecule is CC(C)(NCc1cc(Br)cc([N+](=O)[O-])c1)c1nccs1. The minimum atomic E-state index is -0.389. The van der Waals surface area contributed by atoms with E-state index >= 15 is 0 Å². The first-order chi connectivity index (χ1) is 9.38. The second-order valence-electron chi connectivity index (χ2n) is 4.89. The quantitative estimate of drug-likeness (QED) is 0.653. The molecule has 2 aromatic rings. The zero-order valence-corrected chi connectivity index (χ0v) is 13.5. The third-order valence-corrected chi connectivity index (χ3v) is 4.41. The zero-order valence-electron chi connectivity index (χ0n) is 11.1. The highest BCUT2D eigenvalue weighted by atomic mass is 79.9. The van der Waals surface area contributed by atoms with Crippen LogP contribution < -0.4 is 5.32 Å². The van der Waals surface area contributed by atoms with E-state index in [1.165, 1.54) is 6.07 Å². The molecule has 1 N–H and O–H groups in total. The Balaban J connectivity index is 2.13. The minimum absolute atomic E-state index is 0.0863. The van der Waals surface area contributed by atoms with Crippen molar-refractivity contribution >= 4 is 33.0 Å². The highest BCUT2D eigenvalue weighted by Gasteiger charge is 2.22. The second-order valence-corrected chi connectivity index (χ2v) is 6.70. The zero-order chi connectivity index (χ0) is 14.8. The number of nitro groups is 1. The summed E-state index contributed by atoms with van der Waals surface area (Å²) < 4.78 is 0.704. The van der Waals surface area contributed by atoms with E-state index in [2.05, 4.69) is 26.2 Å². The molecule has 1 aromatic heterocycles. The largest absolute Gasteiger partial charge is 0.302 e. The van der Waals surface area contributed by atoms with Crippen molar-refractivity contribution in [1.29, 1.82) is 0 Å². The molecule has 0 atom stereocenters. The average Bonchev–Trinajstić information content (AvgIpc) is 2.90. The van der Waals surface area contributed by atoms with Crippen LogP contribution in [0.2, 0.25) is 0 Å². The molecule has 0 spiro atoms. The van der Waals surface area contributed by atoms with Crippen LogP contribution in [0.1, 0.15) is 24.4 Å². The molecule has 2 rings (SSSR count). The van der Waals surface area contributed by atoms with Crippen molar-refractivity contribution in [3.8, 4) is 0 Å². The Labute approximate surface area is 129 Å². The van der Waals surface area contributed by atoms with Gasteiger partial charge in [0.25, 0.3) is 5.69 Å². The van der Waals surface area contributed by atoms with Crippen LogP contribution in [0.15, 0.2) is 34.2 Å². The van der Waals surface area contributed by atoms with Gasteiger partial charge in [-0.1, -0.05) is 15.9 Å². The van der Waals surface area contributed by atoms with Gasteiger partial charge in [0.05, 0.1) is 10.5 Å². The van der Waals surface area contributed by atoms with Gasteiger partial charge in [-0.3, -0.25) is 10.1 Å². The summed E-state index contributed by atoms with van der Waals surface area (Å²) >= 11 is 4.88. The lowest BCUT2D eigenvalue weighted by Gasteiger charge is -2.24. The topological polar surface area (TPSA) is 68.1 Å². The van der Waals surface area contributed by atoms with Gasteiger partial charge in [0.2, 0.25) is 0 Å². The van der Waals surface area contributed by atoms with Crippen molar-refractivity contribution in [2.24, 2.45) is 0 Å². The number of nitro benzene ring substituents is 1. The maximum Gasteiger partial charge on any atom is 0.270 e. The Hall–Kier alpha value is -1.31. The third-order valence-electron chi connectivity index (χ3n) is 2.85. The van der Waals surface area contributed by atoms with Gasteiger partial charge in [-0.25, -0.2) is 4.98 Å². The van der Waals surface area contributed by atoms with E-state index in [0.717, 1.165) is 10.6 Å². The molecule has 0 amide bonds. The number of nitrogens with zero attached hydrogens (tertiary/aromatic N) is 2. The molecule has 0 unspecified atom stereocenters. The Morgan fingerprint density at radius 3 is 2.80 bits per heavy atom. The Bertz CT molecular complexity index is 614. The first-order valence-corrected chi connectivity index (χ1v) is 7.64. The van der Waals surface area contributed by atoms with Crippen LogP contribution in [0.25, 0.3) is 0 Å². The molecule has 0 aliphatic rings. The van der Waals surface area contributed by atoms with Crippen LogP contribution >= 0.6 is 27.3 Å². The van der Waals surface area contributed by atoms with Crippen molar-refractivity contribution in [3.05, 3.63) is 54.9 Å². The Kier molecular flexibility index (Phi) is 4.52. The van der Waals surface area contributed by atoms with E-state index in [9.17, 15) is 10.1 Å². The number of hydrogen-bond donors (Lipinski definition) is 1. The Morgan fingerprint density at radius 1 is 1.45 bits per heavy atom. The molecule has 106 valence electrons. The van der Waals surface area contributed by atoms with E-state index in [4.69, 9.17) is 0 Å². The van der Waals surface area contributed by atoms with Gasteiger partial charge in [0, 0.05) is 34.7 Å². The summed E-state index contributed by atoms with van der Waals surface area (Å²) in [7, 11) is 0. The predicted molar refractivity (Wildman–Crippen MR) is 82.8 cm³/mol. The third kappa shape index (κ3) is 3.62. The van der Waals surface area contributed by atoms with Crippen LogP contribution in [-0.2, 0) is 12.1 Å². The molecule has 0 fully saturated rings. The fourth-order valence-electron chi connectivity index (χ4n) is 1.77. The summed E-state index contributed by atoms with van der Waals surface area (Å²) in [6.45, 7) is 4.61. The standard InChI is InChI=1S/C13H14BrN3O2S/c1-13(2,12-15-3-4-20-12)16-8-9-5-10(14)7-11(6-9)17(18)19/h3-7,16H,8H2,1-2H3. The summed E-state index contributed by atoms with van der Waals surface area (Å²) in [5.41, 5.74) is 0.671. The average molecular weight is 356 g/mol. The summed E-state index contributed by atoms with van der Waals surface area (Å²) in [4.78, 5) is 14.8. The summed E-state index contributed by atoms with van der Waals surface area (Å²) in [6, 6.07) is 4.95. The molecule has 0 saturated heterocycles. The van der Waals surface area contributed by atoms with Crippen molar-refractivity contribution in [2.45, 2.75) is 25.9 Å². The smallest absolute Gasteiger partial charge is 0.270 e. The number of hydrogen-bond acceptors (Lipinski definition) is 5. The minimum Gasteiger partial charge on any atom is -0.302 e. The van der Waals surface area contributed by atoms with Gasteiger partial charge in [0.1, 0.15) is 5.01 Å². The van der Waals surface area contributed by atoms with Crippen LogP contribution in [0.3, 0.4) is 0 Å². The summed E-state index contributed by atoms with van der Waals surface area (Å²) in [5.74, 6) is 0. The van der Waals surface area contributed by atoms with Crippen LogP contribution in [0.4, 0.5) is 5.69 Å². The van der Waals surface area contributed by atoms with Crippen molar-refractivity contribution in [2.75, 3.05) is 0 Å². The number of non-ortho nitro benzene ring substituents is 1. The lowest BCUT2D eigenvalue weighted by molar-refractivity contribution is -0.385. The molecular weight excluding hydrogens is 342 g/mol. The van der Waals surface area contributed by atoms with Crippen molar-refractivity contribution < 1.29 is 4.92 Å². The van der Waals surface area contributed by atoms with E-state index in [1.54, 1.807) is 23.6 Å². The number of nitrogens with one attached hydrogen (secondary N) is 1. The number of halogens is 1. The van der Waals surface area contributed by atoms with E-state index < -0.39 is 0 Å².